The summed E-state index contributed by atoms with van der Waals surface area (Å²) in [5.74, 6) is -0.0429. The highest BCUT2D eigenvalue weighted by Gasteiger charge is 2.09. The molecule has 0 atom stereocenters. The summed E-state index contributed by atoms with van der Waals surface area (Å²) in [5, 5.41) is 11.0. The minimum atomic E-state index is -0.0429. The lowest BCUT2D eigenvalue weighted by molar-refractivity contribution is -0.126. The number of thiophene rings is 1. The quantitative estimate of drug-likeness (QED) is 0.790. The molecule has 0 unspecified atom stereocenters. The van der Waals surface area contributed by atoms with Crippen LogP contribution in [0.3, 0.4) is 0 Å². The lowest BCUT2D eigenvalue weighted by atomic mass is 10.1. The first-order valence-corrected chi connectivity index (χ1v) is 7.61. The van der Waals surface area contributed by atoms with Crippen LogP contribution in [0.15, 0.2) is 47.9 Å². The van der Waals surface area contributed by atoms with Crippen molar-refractivity contribution in [1.29, 1.82) is 5.26 Å². The molecule has 3 nitrogen and oxygen atoms in total. The molecule has 0 fully saturated rings. The molecule has 0 saturated heterocycles. The van der Waals surface area contributed by atoms with Gasteiger partial charge in [0.15, 0.2) is 0 Å². The first kappa shape index (κ1) is 15.0. The van der Waals surface area contributed by atoms with Gasteiger partial charge in [-0.15, -0.1) is 11.3 Å². The van der Waals surface area contributed by atoms with Crippen LogP contribution in [0.1, 0.15) is 22.9 Å². The number of carbonyl (C=O) groups excluding carboxylic acids is 1. The van der Waals surface area contributed by atoms with Gasteiger partial charge >= 0.3 is 0 Å². The Hall–Kier alpha value is -2.38. The minimum Gasteiger partial charge on any atom is -0.334 e. The van der Waals surface area contributed by atoms with Crippen LogP contribution in [0.25, 0.3) is 6.08 Å². The van der Waals surface area contributed by atoms with Gasteiger partial charge in [-0.2, -0.15) is 5.26 Å². The number of nitrogens with zero attached hydrogens (tertiary/aromatic N) is 2. The molecule has 1 aromatic heterocycles. The highest BCUT2D eigenvalue weighted by Crippen LogP contribution is 2.13. The topological polar surface area (TPSA) is 44.1 Å². The summed E-state index contributed by atoms with van der Waals surface area (Å²) >= 11 is 1.64. The van der Waals surface area contributed by atoms with E-state index in [-0.39, 0.29) is 5.91 Å². The van der Waals surface area contributed by atoms with Crippen LogP contribution in [-0.4, -0.2) is 17.4 Å². The van der Waals surface area contributed by atoms with Crippen LogP contribution in [0, 0.1) is 11.3 Å². The Morgan fingerprint density at radius 2 is 2.14 bits per heavy atom. The second-order valence-electron chi connectivity index (χ2n) is 4.46. The third-order valence-corrected chi connectivity index (χ3v) is 3.97. The zero-order valence-corrected chi connectivity index (χ0v) is 12.6. The SMILES string of the molecule is CCN(Cc1cccs1)C(=O)/C=C/c1ccccc1C#N. The molecule has 0 aliphatic rings. The maximum atomic E-state index is 12.2. The molecule has 2 rings (SSSR count). The van der Waals surface area contributed by atoms with Crippen molar-refractivity contribution in [2.45, 2.75) is 13.5 Å². The van der Waals surface area contributed by atoms with Crippen molar-refractivity contribution < 1.29 is 4.79 Å². The maximum absolute atomic E-state index is 12.2. The summed E-state index contributed by atoms with van der Waals surface area (Å²) in [6, 6.07) is 13.4. The van der Waals surface area contributed by atoms with Gasteiger partial charge in [0.2, 0.25) is 5.91 Å². The minimum absolute atomic E-state index is 0.0429. The highest BCUT2D eigenvalue weighted by atomic mass is 32.1. The molecule has 4 heteroatoms. The Morgan fingerprint density at radius 3 is 2.81 bits per heavy atom. The summed E-state index contributed by atoms with van der Waals surface area (Å²) in [5.41, 5.74) is 1.34. The molecule has 1 amide bonds. The lowest BCUT2D eigenvalue weighted by Gasteiger charge is -2.18. The predicted molar refractivity (Wildman–Crippen MR) is 85.6 cm³/mol. The van der Waals surface area contributed by atoms with Crippen LogP contribution in [0.4, 0.5) is 0 Å². The molecule has 21 heavy (non-hydrogen) atoms. The Kier molecular flexibility index (Phi) is 5.30. The van der Waals surface area contributed by atoms with E-state index in [2.05, 4.69) is 6.07 Å². The molecule has 0 spiro atoms. The van der Waals surface area contributed by atoms with E-state index in [1.54, 1.807) is 28.4 Å². The van der Waals surface area contributed by atoms with Crippen molar-refractivity contribution >= 4 is 23.3 Å². The van der Waals surface area contributed by atoms with Crippen LogP contribution >= 0.6 is 11.3 Å². The average molecular weight is 296 g/mol. The zero-order valence-electron chi connectivity index (χ0n) is 11.8. The number of hydrogen-bond acceptors (Lipinski definition) is 3. The monoisotopic (exact) mass is 296 g/mol. The number of rotatable bonds is 5. The molecular formula is C17H16N2OS. The molecule has 2 aromatic rings. The van der Waals surface area contributed by atoms with Crippen molar-refractivity contribution in [3.05, 3.63) is 63.9 Å². The van der Waals surface area contributed by atoms with Gasteiger partial charge in [-0.3, -0.25) is 4.79 Å². The third-order valence-electron chi connectivity index (χ3n) is 3.11. The first-order valence-electron chi connectivity index (χ1n) is 6.73. The van der Waals surface area contributed by atoms with E-state index in [9.17, 15) is 4.79 Å². The number of nitriles is 1. The van der Waals surface area contributed by atoms with Gasteiger partial charge in [-0.25, -0.2) is 0 Å². The van der Waals surface area contributed by atoms with E-state index in [0.29, 0.717) is 18.7 Å². The summed E-state index contributed by atoms with van der Waals surface area (Å²) in [7, 11) is 0. The number of benzene rings is 1. The zero-order chi connectivity index (χ0) is 15.1. The van der Waals surface area contributed by atoms with Crippen molar-refractivity contribution in [2.24, 2.45) is 0 Å². The van der Waals surface area contributed by atoms with Crippen molar-refractivity contribution in [2.75, 3.05) is 6.54 Å². The van der Waals surface area contributed by atoms with Crippen molar-refractivity contribution in [3.63, 3.8) is 0 Å². The number of hydrogen-bond donors (Lipinski definition) is 0. The molecular weight excluding hydrogens is 280 g/mol. The molecule has 0 aliphatic carbocycles. The Bertz CT molecular complexity index is 668. The fraction of sp³-hybridized carbons (Fsp3) is 0.176. The molecule has 0 bridgehead atoms. The van der Waals surface area contributed by atoms with Crippen molar-refractivity contribution in [1.82, 2.24) is 4.90 Å². The number of amides is 1. The van der Waals surface area contributed by atoms with Crippen LogP contribution in [-0.2, 0) is 11.3 Å². The van der Waals surface area contributed by atoms with Gasteiger partial charge in [-0.1, -0.05) is 24.3 Å². The van der Waals surface area contributed by atoms with E-state index < -0.39 is 0 Å². The van der Waals surface area contributed by atoms with E-state index >= 15 is 0 Å². The second-order valence-corrected chi connectivity index (χ2v) is 5.50. The predicted octanol–water partition coefficient (Wildman–Crippen LogP) is 3.68. The van der Waals surface area contributed by atoms with Gasteiger partial charge in [0.25, 0.3) is 0 Å². The van der Waals surface area contributed by atoms with Gasteiger partial charge in [0.05, 0.1) is 18.2 Å². The summed E-state index contributed by atoms with van der Waals surface area (Å²) < 4.78 is 0. The summed E-state index contributed by atoms with van der Waals surface area (Å²) in [6.45, 7) is 3.24. The average Bonchev–Trinajstić information content (AvgIpc) is 3.03. The van der Waals surface area contributed by atoms with Crippen LogP contribution < -0.4 is 0 Å². The summed E-state index contributed by atoms with van der Waals surface area (Å²) in [6.07, 6.45) is 3.24. The fourth-order valence-electron chi connectivity index (χ4n) is 1.95. The van der Waals surface area contributed by atoms with Gasteiger partial charge in [0.1, 0.15) is 0 Å². The Morgan fingerprint density at radius 1 is 1.33 bits per heavy atom. The van der Waals surface area contributed by atoms with E-state index in [4.69, 9.17) is 5.26 Å². The second kappa shape index (κ2) is 7.41. The Labute approximate surface area is 128 Å². The maximum Gasteiger partial charge on any atom is 0.246 e. The smallest absolute Gasteiger partial charge is 0.246 e. The van der Waals surface area contributed by atoms with Crippen molar-refractivity contribution in [3.8, 4) is 6.07 Å². The van der Waals surface area contributed by atoms with Crippen LogP contribution in [0.2, 0.25) is 0 Å². The molecule has 0 aliphatic heterocycles. The molecule has 0 N–H and O–H groups in total. The first-order chi connectivity index (χ1) is 10.2. The van der Waals surface area contributed by atoms with E-state index in [1.165, 1.54) is 6.08 Å². The highest BCUT2D eigenvalue weighted by molar-refractivity contribution is 7.09. The Balaban J connectivity index is 2.08. The molecule has 106 valence electrons. The van der Waals surface area contributed by atoms with Crippen LogP contribution in [0.5, 0.6) is 0 Å². The number of likely N-dealkylation sites (N-methyl/N-ethyl adjacent to an activating group) is 1. The molecule has 0 radical (unpaired) electrons. The third kappa shape index (κ3) is 4.04. The standard InChI is InChI=1S/C17H16N2OS/c1-2-19(13-16-8-5-11-21-16)17(20)10-9-14-6-3-4-7-15(14)12-18/h3-11H,2,13H2,1H3/b10-9+. The van der Waals surface area contributed by atoms with Gasteiger partial charge < -0.3 is 4.90 Å². The van der Waals surface area contributed by atoms with Gasteiger partial charge in [0, 0.05) is 17.5 Å². The normalized spacial score (nSPS) is 10.5. The summed E-state index contributed by atoms with van der Waals surface area (Å²) in [4.78, 5) is 15.2. The largest absolute Gasteiger partial charge is 0.334 e. The van der Waals surface area contributed by atoms with Gasteiger partial charge in [-0.05, 0) is 36.1 Å². The molecule has 1 aromatic carbocycles. The van der Waals surface area contributed by atoms with E-state index in [0.717, 1.165) is 10.4 Å². The lowest BCUT2D eigenvalue weighted by Crippen LogP contribution is -2.28. The molecule has 0 saturated carbocycles. The van der Waals surface area contributed by atoms with E-state index in [1.807, 2.05) is 42.6 Å². The number of carbonyl (C=O) groups is 1. The fourth-order valence-corrected chi connectivity index (χ4v) is 2.67. The molecule has 1 heterocycles.